The van der Waals surface area contributed by atoms with Gasteiger partial charge in [-0.1, -0.05) is 32.8 Å². The van der Waals surface area contributed by atoms with E-state index in [9.17, 15) is 4.79 Å². The Morgan fingerprint density at radius 3 is 2.50 bits per heavy atom. The summed E-state index contributed by atoms with van der Waals surface area (Å²) in [5, 5.41) is 0. The SMILES string of the molecule is CC1=CC(=O)[C@H]2C(C)(C)CCC[C@@]12C. The molecule has 0 unspecified atom stereocenters. The van der Waals surface area contributed by atoms with Gasteiger partial charge in [0.1, 0.15) is 0 Å². The maximum absolute atomic E-state index is 12.0. The largest absolute Gasteiger partial charge is 0.294 e. The number of hydrogen-bond acceptors (Lipinski definition) is 1. The van der Waals surface area contributed by atoms with Gasteiger partial charge in [-0.05, 0) is 36.7 Å². The standard InChI is InChI=1S/C13H20O/c1-9-8-10(14)11-12(2,3)6-5-7-13(9,11)4/h8,11H,5-7H2,1-4H3/t11-,13-/m0/s1. The first kappa shape index (κ1) is 9.95. The molecule has 0 bridgehead atoms. The summed E-state index contributed by atoms with van der Waals surface area (Å²) in [5.74, 6) is 0.610. The van der Waals surface area contributed by atoms with Crippen LogP contribution in [0.1, 0.15) is 47.0 Å². The van der Waals surface area contributed by atoms with Crippen molar-refractivity contribution >= 4 is 5.78 Å². The minimum atomic E-state index is 0.166. The summed E-state index contributed by atoms with van der Waals surface area (Å²) in [6, 6.07) is 0. The fourth-order valence-electron chi connectivity index (χ4n) is 3.65. The van der Waals surface area contributed by atoms with E-state index in [0.29, 0.717) is 5.78 Å². The molecule has 0 aromatic rings. The van der Waals surface area contributed by atoms with Crippen molar-refractivity contribution in [2.75, 3.05) is 0 Å². The molecule has 0 saturated heterocycles. The van der Waals surface area contributed by atoms with Gasteiger partial charge < -0.3 is 0 Å². The molecule has 1 heteroatoms. The Balaban J connectivity index is 2.45. The Bertz CT molecular complexity index is 311. The average molecular weight is 192 g/mol. The predicted molar refractivity (Wildman–Crippen MR) is 58.0 cm³/mol. The lowest BCUT2D eigenvalue weighted by atomic mass is 9.56. The number of hydrogen-bond donors (Lipinski definition) is 0. The van der Waals surface area contributed by atoms with Crippen molar-refractivity contribution in [1.29, 1.82) is 0 Å². The topological polar surface area (TPSA) is 17.1 Å². The van der Waals surface area contributed by atoms with E-state index >= 15 is 0 Å². The molecule has 0 radical (unpaired) electrons. The van der Waals surface area contributed by atoms with Gasteiger partial charge in [0, 0.05) is 5.92 Å². The maximum Gasteiger partial charge on any atom is 0.160 e. The molecular weight excluding hydrogens is 172 g/mol. The number of ketones is 1. The third-order valence-corrected chi connectivity index (χ3v) is 4.48. The average Bonchev–Trinajstić information content (AvgIpc) is 2.22. The molecule has 78 valence electrons. The van der Waals surface area contributed by atoms with Gasteiger partial charge in [-0.3, -0.25) is 4.79 Å². The number of carbonyl (C=O) groups is 1. The van der Waals surface area contributed by atoms with Crippen molar-refractivity contribution in [3.8, 4) is 0 Å². The molecule has 2 atom stereocenters. The Labute approximate surface area is 86.6 Å². The third kappa shape index (κ3) is 1.11. The summed E-state index contributed by atoms with van der Waals surface area (Å²) in [7, 11) is 0. The molecule has 2 aliphatic rings. The monoisotopic (exact) mass is 192 g/mol. The highest BCUT2D eigenvalue weighted by atomic mass is 16.1. The maximum atomic E-state index is 12.0. The van der Waals surface area contributed by atoms with Gasteiger partial charge in [-0.15, -0.1) is 0 Å². The zero-order valence-corrected chi connectivity index (χ0v) is 9.68. The Kier molecular flexibility index (Phi) is 1.93. The molecule has 0 spiro atoms. The van der Waals surface area contributed by atoms with Crippen molar-refractivity contribution in [2.45, 2.75) is 47.0 Å². The summed E-state index contributed by atoms with van der Waals surface area (Å²) < 4.78 is 0. The lowest BCUT2D eigenvalue weighted by Gasteiger charge is -2.47. The lowest BCUT2D eigenvalue weighted by Crippen LogP contribution is -2.43. The van der Waals surface area contributed by atoms with Crippen LogP contribution >= 0.6 is 0 Å². The summed E-state index contributed by atoms with van der Waals surface area (Å²) in [6.07, 6.45) is 5.53. The highest BCUT2D eigenvalue weighted by Gasteiger charge is 2.53. The van der Waals surface area contributed by atoms with Crippen LogP contribution in [0.4, 0.5) is 0 Å². The van der Waals surface area contributed by atoms with Crippen LogP contribution in [-0.4, -0.2) is 5.78 Å². The van der Waals surface area contributed by atoms with Gasteiger partial charge in [0.05, 0.1) is 0 Å². The quantitative estimate of drug-likeness (QED) is 0.575. The van der Waals surface area contributed by atoms with Crippen LogP contribution in [0.5, 0.6) is 0 Å². The first-order valence-corrected chi connectivity index (χ1v) is 5.60. The van der Waals surface area contributed by atoms with E-state index in [1.54, 1.807) is 0 Å². The molecule has 14 heavy (non-hydrogen) atoms. The van der Waals surface area contributed by atoms with Crippen LogP contribution in [0, 0.1) is 16.7 Å². The highest BCUT2D eigenvalue weighted by molar-refractivity contribution is 5.97. The van der Waals surface area contributed by atoms with Crippen molar-refractivity contribution in [2.24, 2.45) is 16.7 Å². The van der Waals surface area contributed by atoms with E-state index in [0.717, 1.165) is 0 Å². The van der Waals surface area contributed by atoms with Crippen LogP contribution in [0.25, 0.3) is 0 Å². The number of fused-ring (bicyclic) bond motifs is 1. The summed E-state index contributed by atoms with van der Waals surface area (Å²) in [5.41, 5.74) is 1.66. The molecule has 2 aliphatic carbocycles. The highest BCUT2D eigenvalue weighted by Crippen LogP contribution is 2.57. The predicted octanol–water partition coefficient (Wildman–Crippen LogP) is 3.35. The fourth-order valence-corrected chi connectivity index (χ4v) is 3.65. The second-order valence-corrected chi connectivity index (χ2v) is 5.92. The van der Waals surface area contributed by atoms with Crippen LogP contribution in [0.2, 0.25) is 0 Å². The second-order valence-electron chi connectivity index (χ2n) is 5.92. The number of carbonyl (C=O) groups excluding carboxylic acids is 1. The van der Waals surface area contributed by atoms with Crippen LogP contribution in [-0.2, 0) is 4.79 Å². The second kappa shape index (κ2) is 2.71. The van der Waals surface area contributed by atoms with Crippen LogP contribution in [0.3, 0.4) is 0 Å². The first-order valence-electron chi connectivity index (χ1n) is 5.60. The summed E-state index contributed by atoms with van der Waals surface area (Å²) in [6.45, 7) is 8.90. The molecule has 0 aromatic carbocycles. The van der Waals surface area contributed by atoms with Crippen LogP contribution in [0.15, 0.2) is 11.6 Å². The Morgan fingerprint density at radius 1 is 1.29 bits per heavy atom. The third-order valence-electron chi connectivity index (χ3n) is 4.48. The number of allylic oxidation sites excluding steroid dienone is 2. The van der Waals surface area contributed by atoms with Gasteiger partial charge in [0.25, 0.3) is 0 Å². The Hall–Kier alpha value is -0.590. The number of rotatable bonds is 0. The zero-order valence-electron chi connectivity index (χ0n) is 9.68. The van der Waals surface area contributed by atoms with Gasteiger partial charge in [-0.25, -0.2) is 0 Å². The van der Waals surface area contributed by atoms with Crippen molar-refractivity contribution in [3.63, 3.8) is 0 Å². The van der Waals surface area contributed by atoms with E-state index in [2.05, 4.69) is 27.7 Å². The van der Waals surface area contributed by atoms with Crippen molar-refractivity contribution < 1.29 is 4.79 Å². The lowest BCUT2D eigenvalue weighted by molar-refractivity contribution is -0.126. The van der Waals surface area contributed by atoms with Gasteiger partial charge in [-0.2, -0.15) is 0 Å². The molecule has 0 heterocycles. The Morgan fingerprint density at radius 2 is 1.93 bits per heavy atom. The van der Waals surface area contributed by atoms with Crippen molar-refractivity contribution in [1.82, 2.24) is 0 Å². The minimum Gasteiger partial charge on any atom is -0.294 e. The van der Waals surface area contributed by atoms with E-state index in [-0.39, 0.29) is 16.7 Å². The zero-order chi connectivity index (χ0) is 10.6. The van der Waals surface area contributed by atoms with E-state index in [4.69, 9.17) is 0 Å². The van der Waals surface area contributed by atoms with E-state index < -0.39 is 0 Å². The van der Waals surface area contributed by atoms with E-state index in [1.165, 1.54) is 24.8 Å². The fraction of sp³-hybridized carbons (Fsp3) is 0.769. The normalized spacial score (nSPS) is 40.7. The molecule has 1 fully saturated rings. The van der Waals surface area contributed by atoms with Gasteiger partial charge in [0.15, 0.2) is 5.78 Å². The molecule has 1 nitrogen and oxygen atoms in total. The first-order chi connectivity index (χ1) is 6.38. The molecule has 2 rings (SSSR count). The van der Waals surface area contributed by atoms with E-state index in [1.807, 2.05) is 6.08 Å². The molecule has 0 aliphatic heterocycles. The van der Waals surface area contributed by atoms with Crippen LogP contribution < -0.4 is 0 Å². The van der Waals surface area contributed by atoms with Gasteiger partial charge >= 0.3 is 0 Å². The molecule has 1 saturated carbocycles. The molecule has 0 amide bonds. The van der Waals surface area contributed by atoms with Crippen molar-refractivity contribution in [3.05, 3.63) is 11.6 Å². The molecule has 0 aromatic heterocycles. The summed E-state index contributed by atoms with van der Waals surface area (Å²) >= 11 is 0. The molecular formula is C13H20O. The minimum absolute atomic E-state index is 0.166. The smallest absolute Gasteiger partial charge is 0.160 e. The summed E-state index contributed by atoms with van der Waals surface area (Å²) in [4.78, 5) is 12.0. The molecule has 0 N–H and O–H groups in total. The van der Waals surface area contributed by atoms with Gasteiger partial charge in [0.2, 0.25) is 0 Å².